The number of carbonyl (C=O) groups excluding carboxylic acids is 1. The molecule has 8 nitrogen and oxygen atoms in total. The summed E-state index contributed by atoms with van der Waals surface area (Å²) in [5.74, 6) is 0.922. The number of alkyl halides is 1. The van der Waals surface area contributed by atoms with Crippen LogP contribution in [0.3, 0.4) is 0 Å². The molecule has 2 aromatic heterocycles. The first-order valence-electron chi connectivity index (χ1n) is 9.40. The first-order chi connectivity index (χ1) is 13.0. The first kappa shape index (κ1) is 18.2. The molecule has 2 aliphatic rings. The lowest BCUT2D eigenvalue weighted by Crippen LogP contribution is -2.55. The van der Waals surface area contributed by atoms with E-state index in [1.807, 2.05) is 20.0 Å². The summed E-state index contributed by atoms with van der Waals surface area (Å²) in [5.41, 5.74) is 1.54. The number of carbonyl (C=O) groups is 1. The van der Waals surface area contributed by atoms with Gasteiger partial charge in [0.05, 0.1) is 17.8 Å². The second-order valence-corrected chi connectivity index (χ2v) is 8.19. The molecule has 144 valence electrons. The lowest BCUT2D eigenvalue weighted by molar-refractivity contribution is -0.130. The van der Waals surface area contributed by atoms with Gasteiger partial charge in [0.15, 0.2) is 0 Å². The van der Waals surface area contributed by atoms with Gasteiger partial charge in [0.25, 0.3) is 0 Å². The molecule has 0 spiro atoms. The Bertz CT molecular complexity index is 826. The molecule has 2 fully saturated rings. The Morgan fingerprint density at radius 2 is 2.22 bits per heavy atom. The Morgan fingerprint density at radius 3 is 3.00 bits per heavy atom. The Kier molecular flexibility index (Phi) is 4.99. The summed E-state index contributed by atoms with van der Waals surface area (Å²) in [5, 5.41) is 14.5. The van der Waals surface area contributed by atoms with Crippen molar-refractivity contribution in [3.63, 3.8) is 0 Å². The summed E-state index contributed by atoms with van der Waals surface area (Å²) in [4.78, 5) is 21.5. The van der Waals surface area contributed by atoms with Gasteiger partial charge in [-0.2, -0.15) is 0 Å². The topological polar surface area (TPSA) is 97.6 Å². The molecule has 1 aliphatic carbocycles. The molecule has 0 aromatic carbocycles. The van der Waals surface area contributed by atoms with Crippen LogP contribution in [0.5, 0.6) is 0 Å². The normalized spacial score (nSPS) is 28.9. The predicted molar refractivity (Wildman–Crippen MR) is 102 cm³/mol. The summed E-state index contributed by atoms with van der Waals surface area (Å²) in [6.45, 7) is 2.01. The van der Waals surface area contributed by atoms with Crippen molar-refractivity contribution in [1.29, 1.82) is 0 Å². The molecule has 3 heterocycles. The minimum absolute atomic E-state index is 0.0819. The van der Waals surface area contributed by atoms with E-state index in [0.29, 0.717) is 11.9 Å². The third-order valence-corrected chi connectivity index (χ3v) is 6.13. The number of fused-ring (bicyclic) bond motifs is 1. The maximum Gasteiger partial charge on any atom is 0.225 e. The Balaban J connectivity index is 1.46. The van der Waals surface area contributed by atoms with Crippen LogP contribution < -0.4 is 10.6 Å². The molecule has 0 bridgehead atoms. The highest BCUT2D eigenvalue weighted by molar-refractivity contribution is 6.20. The van der Waals surface area contributed by atoms with Crippen LogP contribution in [0.4, 0.5) is 5.95 Å². The molecule has 4 rings (SSSR count). The molecule has 1 aliphatic heterocycles. The molecular weight excluding hydrogens is 366 g/mol. The number of halogens is 1. The fourth-order valence-corrected chi connectivity index (χ4v) is 4.56. The predicted octanol–water partition coefficient (Wildman–Crippen LogP) is 1.98. The standard InChI is InChI=1S/C18H24ClN7O/c1-10(13-8-11-7-12(19)3-4-14(11)23-17(13)27)22-18-20-6-5-15(24-18)16-9-21-25-26(16)2/h5-6,9-14H,3-4,7-8H2,1-2H3,(H,23,27)(H,20,22,24)/t10-,11?,12?,13?,14?/m0/s1. The molecule has 5 atom stereocenters. The number of hydrogen-bond donors (Lipinski definition) is 2. The summed E-state index contributed by atoms with van der Waals surface area (Å²) in [6, 6.07) is 2.00. The molecule has 1 amide bonds. The maximum absolute atomic E-state index is 12.6. The van der Waals surface area contributed by atoms with Crippen molar-refractivity contribution < 1.29 is 4.79 Å². The number of amides is 1. The van der Waals surface area contributed by atoms with Crippen molar-refractivity contribution in [2.75, 3.05) is 5.32 Å². The number of nitrogens with zero attached hydrogens (tertiary/aromatic N) is 5. The van der Waals surface area contributed by atoms with E-state index in [1.165, 1.54) is 0 Å². The largest absolute Gasteiger partial charge is 0.353 e. The molecule has 2 N–H and O–H groups in total. The molecule has 1 saturated heterocycles. The second kappa shape index (κ2) is 7.42. The zero-order chi connectivity index (χ0) is 19.0. The van der Waals surface area contributed by atoms with Gasteiger partial charge in [0.2, 0.25) is 11.9 Å². The highest BCUT2D eigenvalue weighted by atomic mass is 35.5. The van der Waals surface area contributed by atoms with Crippen LogP contribution in [0, 0.1) is 11.8 Å². The van der Waals surface area contributed by atoms with E-state index in [9.17, 15) is 4.79 Å². The third kappa shape index (κ3) is 3.76. The smallest absolute Gasteiger partial charge is 0.225 e. The lowest BCUT2D eigenvalue weighted by atomic mass is 9.74. The van der Waals surface area contributed by atoms with Gasteiger partial charge in [-0.25, -0.2) is 14.6 Å². The Morgan fingerprint density at radius 1 is 1.37 bits per heavy atom. The van der Waals surface area contributed by atoms with E-state index in [1.54, 1.807) is 17.1 Å². The zero-order valence-electron chi connectivity index (χ0n) is 15.5. The number of rotatable bonds is 4. The van der Waals surface area contributed by atoms with E-state index in [2.05, 4.69) is 30.9 Å². The average Bonchev–Trinajstić information content (AvgIpc) is 3.07. The summed E-state index contributed by atoms with van der Waals surface area (Å²) in [7, 11) is 1.82. The fraction of sp³-hybridized carbons (Fsp3) is 0.611. The molecule has 9 heteroatoms. The molecule has 2 aromatic rings. The summed E-state index contributed by atoms with van der Waals surface area (Å²) in [6.07, 6.45) is 7.12. The molecule has 4 unspecified atom stereocenters. The monoisotopic (exact) mass is 389 g/mol. The third-order valence-electron chi connectivity index (χ3n) is 5.73. The van der Waals surface area contributed by atoms with Crippen LogP contribution in [-0.4, -0.2) is 48.3 Å². The van der Waals surface area contributed by atoms with Gasteiger partial charge in [0, 0.05) is 30.7 Å². The van der Waals surface area contributed by atoms with Crippen molar-refractivity contribution in [2.45, 2.75) is 50.1 Å². The van der Waals surface area contributed by atoms with Crippen molar-refractivity contribution in [3.8, 4) is 11.4 Å². The van der Waals surface area contributed by atoms with E-state index < -0.39 is 0 Å². The number of hydrogen-bond acceptors (Lipinski definition) is 6. The number of aryl methyl sites for hydroxylation is 1. The van der Waals surface area contributed by atoms with Gasteiger partial charge in [0.1, 0.15) is 5.69 Å². The summed E-state index contributed by atoms with van der Waals surface area (Å²) < 4.78 is 1.66. The van der Waals surface area contributed by atoms with Crippen molar-refractivity contribution in [3.05, 3.63) is 18.5 Å². The van der Waals surface area contributed by atoms with Gasteiger partial charge < -0.3 is 10.6 Å². The average molecular weight is 390 g/mol. The lowest BCUT2D eigenvalue weighted by Gasteiger charge is -2.42. The van der Waals surface area contributed by atoms with Crippen LogP contribution in [-0.2, 0) is 11.8 Å². The van der Waals surface area contributed by atoms with Crippen LogP contribution in [0.1, 0.15) is 32.6 Å². The fourth-order valence-electron chi connectivity index (χ4n) is 4.21. The van der Waals surface area contributed by atoms with Crippen LogP contribution >= 0.6 is 11.6 Å². The van der Waals surface area contributed by atoms with Gasteiger partial charge in [-0.1, -0.05) is 5.21 Å². The summed E-state index contributed by atoms with van der Waals surface area (Å²) >= 11 is 6.35. The number of piperidine rings is 1. The Labute approximate surface area is 163 Å². The van der Waals surface area contributed by atoms with Crippen molar-refractivity contribution in [1.82, 2.24) is 30.3 Å². The SMILES string of the molecule is C[C@H](Nc1nccc(-c2cnnn2C)n1)C1CC2CC(Cl)CCC2NC1=O. The van der Waals surface area contributed by atoms with Crippen LogP contribution in [0.2, 0.25) is 0 Å². The quantitative estimate of drug-likeness (QED) is 0.776. The van der Waals surface area contributed by atoms with Crippen LogP contribution in [0.15, 0.2) is 18.5 Å². The first-order valence-corrected chi connectivity index (χ1v) is 9.84. The number of aromatic nitrogens is 5. The van der Waals surface area contributed by atoms with Gasteiger partial charge in [-0.15, -0.1) is 16.7 Å². The van der Waals surface area contributed by atoms with Gasteiger partial charge >= 0.3 is 0 Å². The van der Waals surface area contributed by atoms with E-state index >= 15 is 0 Å². The minimum atomic E-state index is -0.126. The number of nitrogens with one attached hydrogen (secondary N) is 2. The minimum Gasteiger partial charge on any atom is -0.353 e. The van der Waals surface area contributed by atoms with Crippen molar-refractivity contribution in [2.24, 2.45) is 18.9 Å². The highest BCUT2D eigenvalue weighted by Crippen LogP contribution is 2.36. The number of anilines is 1. The zero-order valence-corrected chi connectivity index (χ0v) is 16.2. The van der Waals surface area contributed by atoms with Gasteiger partial charge in [-0.3, -0.25) is 4.79 Å². The molecule has 0 radical (unpaired) electrons. The molecular formula is C18H24ClN7O. The Hall–Kier alpha value is -2.22. The van der Waals surface area contributed by atoms with Gasteiger partial charge in [-0.05, 0) is 44.6 Å². The van der Waals surface area contributed by atoms with Crippen molar-refractivity contribution >= 4 is 23.5 Å². The molecule has 1 saturated carbocycles. The van der Waals surface area contributed by atoms with E-state index in [4.69, 9.17) is 11.6 Å². The molecule has 27 heavy (non-hydrogen) atoms. The van der Waals surface area contributed by atoms with E-state index in [0.717, 1.165) is 37.1 Å². The second-order valence-electron chi connectivity index (χ2n) is 7.57. The maximum atomic E-state index is 12.6. The van der Waals surface area contributed by atoms with Crippen LogP contribution in [0.25, 0.3) is 11.4 Å². The van der Waals surface area contributed by atoms with E-state index in [-0.39, 0.29) is 29.3 Å². The highest BCUT2D eigenvalue weighted by Gasteiger charge is 2.41.